The first-order valence-corrected chi connectivity index (χ1v) is 19.4. The summed E-state index contributed by atoms with van der Waals surface area (Å²) in [5.74, 6) is 0.232. The standard InChI is InChI=1S/C33H42ClF3N4O5SSi/c1-19(2)48(20(3)4,21(5)6)41-13-12-25-29(28(46-9)17-39-32(25)41)31(42)30-27(14-23(34)16-38-30)40(18-45-8)47(43,44)24-11-10-22(7)26(15-24)33(35,36)37/h10-17,19-21,31,42H,18H2,1-9H3. The molecular formula is C33H42ClF3N4O5SSi. The van der Waals surface area contributed by atoms with Crippen LogP contribution in [0.25, 0.3) is 11.0 Å². The van der Waals surface area contributed by atoms with Crippen molar-refractivity contribution in [2.75, 3.05) is 25.3 Å². The van der Waals surface area contributed by atoms with Crippen LogP contribution in [0.5, 0.6) is 5.75 Å². The highest BCUT2D eigenvalue weighted by Gasteiger charge is 2.46. The summed E-state index contributed by atoms with van der Waals surface area (Å²) in [5, 5.41) is 12.7. The number of aliphatic hydroxyl groups excluding tert-OH is 1. The van der Waals surface area contributed by atoms with Gasteiger partial charge in [0.2, 0.25) is 0 Å². The predicted octanol–water partition coefficient (Wildman–Crippen LogP) is 8.33. The first kappa shape index (κ1) is 37.6. The highest BCUT2D eigenvalue weighted by atomic mass is 35.5. The van der Waals surface area contributed by atoms with E-state index in [9.17, 15) is 26.7 Å². The fraction of sp³-hybridized carbons (Fsp3) is 0.455. The molecule has 262 valence electrons. The van der Waals surface area contributed by atoms with Gasteiger partial charge < -0.3 is 18.8 Å². The van der Waals surface area contributed by atoms with Crippen LogP contribution in [-0.4, -0.2) is 56.9 Å². The Kier molecular flexibility index (Phi) is 11.0. The Bertz CT molecular complexity index is 1880. The maximum absolute atomic E-state index is 14.1. The molecule has 4 rings (SSSR count). The summed E-state index contributed by atoms with van der Waals surface area (Å²) >= 11 is 6.32. The molecule has 0 fully saturated rings. The molecule has 0 aliphatic rings. The number of aryl methyl sites for hydroxylation is 1. The normalized spacial score (nSPS) is 13.6. The molecule has 1 unspecified atom stereocenters. The lowest BCUT2D eigenvalue weighted by Gasteiger charge is -2.44. The molecule has 0 spiro atoms. The van der Waals surface area contributed by atoms with Crippen molar-refractivity contribution >= 4 is 46.6 Å². The van der Waals surface area contributed by atoms with Crippen LogP contribution in [0.4, 0.5) is 18.9 Å². The third-order valence-corrected chi connectivity index (χ3v) is 17.8. The number of methoxy groups -OCH3 is 2. The van der Waals surface area contributed by atoms with E-state index in [0.717, 1.165) is 16.4 Å². The van der Waals surface area contributed by atoms with Crippen LogP contribution in [0.2, 0.25) is 21.6 Å². The molecule has 1 N–H and O–H groups in total. The molecule has 3 heterocycles. The first-order chi connectivity index (χ1) is 22.3. The fourth-order valence-corrected chi connectivity index (χ4v) is 15.4. The number of alkyl halides is 3. The smallest absolute Gasteiger partial charge is 0.416 e. The van der Waals surface area contributed by atoms with E-state index in [2.05, 4.69) is 50.8 Å². The van der Waals surface area contributed by atoms with E-state index in [-0.39, 0.29) is 27.7 Å². The Hall–Kier alpha value is -3.17. The van der Waals surface area contributed by atoms with E-state index in [0.29, 0.717) is 39.3 Å². The molecule has 0 saturated heterocycles. The Balaban J connectivity index is 1.98. The number of rotatable bonds is 12. The zero-order valence-electron chi connectivity index (χ0n) is 28.4. The van der Waals surface area contributed by atoms with Crippen molar-refractivity contribution in [1.82, 2.24) is 14.2 Å². The lowest BCUT2D eigenvalue weighted by molar-refractivity contribution is -0.138. The number of anilines is 1. The van der Waals surface area contributed by atoms with Crippen LogP contribution in [0.3, 0.4) is 0 Å². The molecule has 0 saturated carbocycles. The summed E-state index contributed by atoms with van der Waals surface area (Å²) in [6.07, 6.45) is -1.62. The van der Waals surface area contributed by atoms with Crippen molar-refractivity contribution in [2.45, 2.75) is 82.3 Å². The van der Waals surface area contributed by atoms with E-state index >= 15 is 0 Å². The summed E-state index contributed by atoms with van der Waals surface area (Å²) < 4.78 is 83.4. The molecule has 9 nitrogen and oxygen atoms in total. The topological polar surface area (TPSA) is 107 Å². The molecule has 0 amide bonds. The number of sulfonamides is 1. The number of halogens is 4. The molecule has 0 radical (unpaired) electrons. The number of fused-ring (bicyclic) bond motifs is 1. The van der Waals surface area contributed by atoms with Crippen LogP contribution in [0, 0.1) is 6.92 Å². The first-order valence-electron chi connectivity index (χ1n) is 15.4. The van der Waals surface area contributed by atoms with Gasteiger partial charge in [0, 0.05) is 24.3 Å². The number of aliphatic hydroxyl groups is 1. The number of hydrogen-bond acceptors (Lipinski definition) is 7. The van der Waals surface area contributed by atoms with E-state index in [1.807, 2.05) is 12.3 Å². The lowest BCUT2D eigenvalue weighted by atomic mass is 10.0. The van der Waals surface area contributed by atoms with Crippen molar-refractivity contribution in [1.29, 1.82) is 0 Å². The van der Waals surface area contributed by atoms with Gasteiger partial charge in [0.05, 0.1) is 40.2 Å². The highest BCUT2D eigenvalue weighted by molar-refractivity contribution is 7.92. The molecule has 48 heavy (non-hydrogen) atoms. The van der Waals surface area contributed by atoms with Crippen LogP contribution in [-0.2, 0) is 20.9 Å². The Morgan fingerprint density at radius 2 is 1.62 bits per heavy atom. The number of pyridine rings is 2. The van der Waals surface area contributed by atoms with Crippen molar-refractivity contribution in [3.8, 4) is 5.75 Å². The van der Waals surface area contributed by atoms with Crippen LogP contribution >= 0.6 is 11.6 Å². The molecule has 0 aliphatic carbocycles. The van der Waals surface area contributed by atoms with Crippen LogP contribution < -0.4 is 9.04 Å². The summed E-state index contributed by atoms with van der Waals surface area (Å²) in [4.78, 5) is 8.51. The van der Waals surface area contributed by atoms with E-state index in [1.54, 1.807) is 0 Å². The van der Waals surface area contributed by atoms with Crippen molar-refractivity contribution in [3.63, 3.8) is 0 Å². The summed E-state index contributed by atoms with van der Waals surface area (Å²) in [6.45, 7) is 13.9. The minimum absolute atomic E-state index is 0.0247. The Labute approximate surface area is 285 Å². The molecule has 1 aromatic carbocycles. The molecular weight excluding hydrogens is 685 g/mol. The third kappa shape index (κ3) is 6.44. The highest BCUT2D eigenvalue weighted by Crippen LogP contribution is 2.46. The quantitative estimate of drug-likeness (QED) is 0.116. The lowest BCUT2D eigenvalue weighted by Crippen LogP contribution is -2.51. The third-order valence-electron chi connectivity index (χ3n) is 9.14. The van der Waals surface area contributed by atoms with Crippen LogP contribution in [0.1, 0.15) is 70.0 Å². The van der Waals surface area contributed by atoms with E-state index < -0.39 is 47.7 Å². The van der Waals surface area contributed by atoms with Gasteiger partial charge in [-0.05, 0) is 59.6 Å². The van der Waals surface area contributed by atoms with Gasteiger partial charge >= 0.3 is 6.18 Å². The summed E-state index contributed by atoms with van der Waals surface area (Å²) in [5.41, 5.74) is 0.384. The molecule has 0 bridgehead atoms. The van der Waals surface area contributed by atoms with Gasteiger partial charge in [-0.3, -0.25) is 4.98 Å². The average molecular weight is 727 g/mol. The molecule has 4 aromatic rings. The minimum Gasteiger partial charge on any atom is -0.495 e. The summed E-state index contributed by atoms with van der Waals surface area (Å²) in [7, 11) is -4.35. The second-order valence-corrected chi connectivity index (χ2v) is 20.7. The number of aromatic nitrogens is 3. The Morgan fingerprint density at radius 1 is 1.00 bits per heavy atom. The average Bonchev–Trinajstić information content (AvgIpc) is 3.42. The number of benzene rings is 1. The maximum Gasteiger partial charge on any atom is 0.416 e. The van der Waals surface area contributed by atoms with E-state index in [4.69, 9.17) is 26.1 Å². The van der Waals surface area contributed by atoms with Gasteiger partial charge in [-0.15, -0.1) is 0 Å². The minimum atomic E-state index is -4.79. The second-order valence-electron chi connectivity index (χ2n) is 12.7. The monoisotopic (exact) mass is 726 g/mol. The zero-order valence-corrected chi connectivity index (χ0v) is 31.0. The largest absolute Gasteiger partial charge is 0.495 e. The maximum atomic E-state index is 14.1. The predicted molar refractivity (Wildman–Crippen MR) is 184 cm³/mol. The number of ether oxygens (including phenoxy) is 2. The molecule has 3 aromatic heterocycles. The van der Waals surface area contributed by atoms with Crippen molar-refractivity contribution < 1.29 is 36.2 Å². The van der Waals surface area contributed by atoms with Gasteiger partial charge in [-0.1, -0.05) is 59.2 Å². The SMILES string of the molecule is COCN(c1cc(Cl)cnc1C(O)c1c(OC)cnc2c1ccn2[Si](C(C)C)(C(C)C)C(C)C)S(=O)(=O)c1ccc(C)c(C(F)(F)F)c1. The van der Waals surface area contributed by atoms with Gasteiger partial charge in [0.1, 0.15) is 24.2 Å². The van der Waals surface area contributed by atoms with Gasteiger partial charge in [0.25, 0.3) is 10.0 Å². The zero-order chi connectivity index (χ0) is 35.9. The number of nitrogens with zero attached hydrogens (tertiary/aromatic N) is 4. The van der Waals surface area contributed by atoms with Gasteiger partial charge in [0.15, 0.2) is 8.24 Å². The molecule has 1 atom stereocenters. The van der Waals surface area contributed by atoms with E-state index in [1.165, 1.54) is 39.6 Å². The van der Waals surface area contributed by atoms with Gasteiger partial charge in [-0.2, -0.15) is 13.2 Å². The number of hydrogen-bond donors (Lipinski definition) is 1. The van der Waals surface area contributed by atoms with Crippen molar-refractivity contribution in [3.05, 3.63) is 76.3 Å². The van der Waals surface area contributed by atoms with Crippen LogP contribution in [0.15, 0.2) is 53.8 Å². The summed E-state index contributed by atoms with van der Waals surface area (Å²) in [6, 6.07) is 5.89. The van der Waals surface area contributed by atoms with Gasteiger partial charge in [-0.25, -0.2) is 17.7 Å². The molecule has 15 heteroatoms. The second kappa shape index (κ2) is 14.0. The molecule has 0 aliphatic heterocycles. The van der Waals surface area contributed by atoms with Crippen molar-refractivity contribution in [2.24, 2.45) is 0 Å². The fourth-order valence-electron chi connectivity index (χ4n) is 7.25. The Morgan fingerprint density at radius 3 is 2.17 bits per heavy atom.